The zero-order valence-electron chi connectivity index (χ0n) is 14.0. The summed E-state index contributed by atoms with van der Waals surface area (Å²) >= 11 is 0. The van der Waals surface area contributed by atoms with Crippen molar-refractivity contribution in [3.05, 3.63) is 75.8 Å². The number of hydrogen-bond acceptors (Lipinski definition) is 3. The number of rotatable bonds is 3. The summed E-state index contributed by atoms with van der Waals surface area (Å²) in [5, 5.41) is 3.59. The highest BCUT2D eigenvalue weighted by molar-refractivity contribution is 5.81. The fraction of sp³-hybridized carbons (Fsp3) is 0.250. The first-order valence-corrected chi connectivity index (χ1v) is 8.45. The van der Waals surface area contributed by atoms with Crippen LogP contribution in [-0.4, -0.2) is 15.5 Å². The number of para-hydroxylation sites is 1. The van der Waals surface area contributed by atoms with Crippen LogP contribution in [0.1, 0.15) is 29.2 Å². The lowest BCUT2D eigenvalue weighted by Gasteiger charge is -2.15. The van der Waals surface area contributed by atoms with Crippen molar-refractivity contribution >= 4 is 16.8 Å². The molecule has 1 aliphatic carbocycles. The van der Waals surface area contributed by atoms with Crippen molar-refractivity contribution in [2.75, 3.05) is 0 Å². The minimum Gasteiger partial charge on any atom is -0.348 e. The second-order valence-electron chi connectivity index (χ2n) is 6.51. The molecule has 1 N–H and O–H groups in total. The predicted molar refractivity (Wildman–Crippen MR) is 96.4 cm³/mol. The van der Waals surface area contributed by atoms with Crippen molar-refractivity contribution in [2.45, 2.75) is 32.4 Å². The monoisotopic (exact) mass is 333 g/mol. The van der Waals surface area contributed by atoms with Crippen LogP contribution in [0.25, 0.3) is 10.9 Å². The molecule has 0 saturated heterocycles. The first kappa shape index (κ1) is 15.6. The number of amides is 1. The molecule has 0 aliphatic heterocycles. The summed E-state index contributed by atoms with van der Waals surface area (Å²) in [7, 11) is 0. The Hall–Kier alpha value is -2.95. The highest BCUT2D eigenvalue weighted by Crippen LogP contribution is 2.30. The smallest absolute Gasteiger partial charge is 0.261 e. The van der Waals surface area contributed by atoms with Gasteiger partial charge in [-0.05, 0) is 42.5 Å². The average Bonchev–Trinajstić information content (AvgIpc) is 3.01. The number of carbonyl (C=O) groups excluding carboxylic acids is 1. The molecule has 2 aromatic carbocycles. The fourth-order valence-corrected chi connectivity index (χ4v) is 3.55. The maximum absolute atomic E-state index is 12.6. The van der Waals surface area contributed by atoms with Gasteiger partial charge in [0.15, 0.2) is 0 Å². The first-order chi connectivity index (χ1) is 12.1. The third-order valence-corrected chi connectivity index (χ3v) is 4.84. The van der Waals surface area contributed by atoms with E-state index in [0.29, 0.717) is 10.9 Å². The Bertz CT molecular complexity index is 1020. The molecule has 5 nitrogen and oxygen atoms in total. The van der Waals surface area contributed by atoms with Crippen LogP contribution in [0, 0.1) is 6.92 Å². The number of benzene rings is 2. The minimum atomic E-state index is -0.185. The molecule has 0 saturated carbocycles. The SMILES string of the molecule is Cc1cccc2c(=O)n(CC(=O)N[C@H]3CCc4ccccc43)cnc12. The molecule has 1 atom stereocenters. The zero-order valence-corrected chi connectivity index (χ0v) is 14.0. The summed E-state index contributed by atoms with van der Waals surface area (Å²) in [5.41, 5.74) is 3.92. The average molecular weight is 333 g/mol. The van der Waals surface area contributed by atoms with Gasteiger partial charge in [0.1, 0.15) is 6.54 Å². The van der Waals surface area contributed by atoms with Gasteiger partial charge < -0.3 is 5.32 Å². The van der Waals surface area contributed by atoms with Gasteiger partial charge in [0.25, 0.3) is 5.56 Å². The normalized spacial score (nSPS) is 16.0. The second-order valence-corrected chi connectivity index (χ2v) is 6.51. The Kier molecular flexibility index (Phi) is 3.84. The van der Waals surface area contributed by atoms with Crippen molar-refractivity contribution in [1.29, 1.82) is 0 Å². The molecule has 1 aliphatic rings. The van der Waals surface area contributed by atoms with E-state index in [1.165, 1.54) is 22.0 Å². The Balaban J connectivity index is 1.55. The number of nitrogens with one attached hydrogen (secondary N) is 1. The molecule has 0 bridgehead atoms. The van der Waals surface area contributed by atoms with E-state index in [0.717, 1.165) is 18.4 Å². The van der Waals surface area contributed by atoms with Gasteiger partial charge in [-0.15, -0.1) is 0 Å². The van der Waals surface area contributed by atoms with E-state index in [4.69, 9.17) is 0 Å². The van der Waals surface area contributed by atoms with Gasteiger partial charge in [0.05, 0.1) is 23.3 Å². The molecule has 5 heteroatoms. The maximum Gasteiger partial charge on any atom is 0.261 e. The zero-order chi connectivity index (χ0) is 17.4. The summed E-state index contributed by atoms with van der Waals surface area (Å²) in [4.78, 5) is 29.4. The summed E-state index contributed by atoms with van der Waals surface area (Å²) in [6.07, 6.45) is 3.33. The van der Waals surface area contributed by atoms with E-state index in [1.807, 2.05) is 31.2 Å². The molecule has 0 fully saturated rings. The third kappa shape index (κ3) is 2.82. The molecule has 3 aromatic rings. The number of aryl methyl sites for hydroxylation is 2. The highest BCUT2D eigenvalue weighted by atomic mass is 16.2. The van der Waals surface area contributed by atoms with Crippen LogP contribution in [0.3, 0.4) is 0 Å². The summed E-state index contributed by atoms with van der Waals surface area (Å²) in [6, 6.07) is 13.7. The van der Waals surface area contributed by atoms with Gasteiger partial charge in [-0.2, -0.15) is 0 Å². The van der Waals surface area contributed by atoms with Crippen LogP contribution in [-0.2, 0) is 17.8 Å². The Morgan fingerprint density at radius 2 is 2.08 bits per heavy atom. The summed E-state index contributed by atoms with van der Waals surface area (Å²) in [5.74, 6) is -0.169. The molecule has 126 valence electrons. The fourth-order valence-electron chi connectivity index (χ4n) is 3.55. The maximum atomic E-state index is 12.6. The van der Waals surface area contributed by atoms with Gasteiger partial charge in [-0.25, -0.2) is 4.98 Å². The number of aromatic nitrogens is 2. The van der Waals surface area contributed by atoms with E-state index in [1.54, 1.807) is 6.07 Å². The number of fused-ring (bicyclic) bond motifs is 2. The van der Waals surface area contributed by atoms with Crippen LogP contribution in [0.4, 0.5) is 0 Å². The van der Waals surface area contributed by atoms with Crippen molar-refractivity contribution in [3.8, 4) is 0 Å². The van der Waals surface area contributed by atoms with E-state index >= 15 is 0 Å². The third-order valence-electron chi connectivity index (χ3n) is 4.84. The molecule has 0 spiro atoms. The van der Waals surface area contributed by atoms with Gasteiger partial charge in [-0.1, -0.05) is 36.4 Å². The molecule has 1 aromatic heterocycles. The van der Waals surface area contributed by atoms with Crippen LogP contribution in [0.15, 0.2) is 53.6 Å². The first-order valence-electron chi connectivity index (χ1n) is 8.45. The standard InChI is InChI=1S/C20H19N3O2/c1-13-5-4-8-16-19(13)21-12-23(20(16)25)11-18(24)22-17-10-9-14-6-2-3-7-15(14)17/h2-8,12,17H,9-11H2,1H3,(H,22,24)/t17-/m0/s1. The van der Waals surface area contributed by atoms with Gasteiger partial charge in [0.2, 0.25) is 5.91 Å². The Morgan fingerprint density at radius 3 is 2.96 bits per heavy atom. The van der Waals surface area contributed by atoms with Crippen molar-refractivity contribution in [2.24, 2.45) is 0 Å². The quantitative estimate of drug-likeness (QED) is 0.801. The van der Waals surface area contributed by atoms with Gasteiger partial charge in [0, 0.05) is 0 Å². The van der Waals surface area contributed by atoms with Crippen LogP contribution in [0.2, 0.25) is 0 Å². The van der Waals surface area contributed by atoms with E-state index < -0.39 is 0 Å². The Morgan fingerprint density at radius 1 is 1.24 bits per heavy atom. The van der Waals surface area contributed by atoms with Crippen molar-refractivity contribution in [3.63, 3.8) is 0 Å². The Labute approximate surface area is 145 Å². The molecule has 1 heterocycles. The van der Waals surface area contributed by atoms with Gasteiger partial charge >= 0.3 is 0 Å². The topological polar surface area (TPSA) is 64.0 Å². The minimum absolute atomic E-state index is 0.0195. The highest BCUT2D eigenvalue weighted by Gasteiger charge is 2.23. The van der Waals surface area contributed by atoms with Crippen LogP contribution in [0.5, 0.6) is 0 Å². The predicted octanol–water partition coefficient (Wildman–Crippen LogP) is 2.51. The lowest BCUT2D eigenvalue weighted by molar-refractivity contribution is -0.122. The summed E-state index contributed by atoms with van der Waals surface area (Å²) in [6.45, 7) is 1.90. The number of carbonyl (C=O) groups is 1. The molecule has 4 rings (SSSR count). The van der Waals surface area contributed by atoms with E-state index in [-0.39, 0.29) is 24.1 Å². The molecular formula is C20H19N3O2. The largest absolute Gasteiger partial charge is 0.348 e. The number of nitrogens with zero attached hydrogens (tertiary/aromatic N) is 2. The molecule has 25 heavy (non-hydrogen) atoms. The van der Waals surface area contributed by atoms with Crippen LogP contribution >= 0.6 is 0 Å². The lowest BCUT2D eigenvalue weighted by Crippen LogP contribution is -2.34. The molecule has 0 unspecified atom stereocenters. The number of hydrogen-bond donors (Lipinski definition) is 1. The molecular weight excluding hydrogens is 314 g/mol. The summed E-state index contributed by atoms with van der Waals surface area (Å²) < 4.78 is 1.37. The van der Waals surface area contributed by atoms with Crippen LogP contribution < -0.4 is 10.9 Å². The second kappa shape index (κ2) is 6.16. The lowest BCUT2D eigenvalue weighted by atomic mass is 10.1. The van der Waals surface area contributed by atoms with E-state index in [2.05, 4.69) is 22.4 Å². The van der Waals surface area contributed by atoms with Gasteiger partial charge in [-0.3, -0.25) is 14.2 Å². The molecule has 1 amide bonds. The van der Waals surface area contributed by atoms with E-state index in [9.17, 15) is 9.59 Å². The molecule has 0 radical (unpaired) electrons. The van der Waals surface area contributed by atoms with Crippen molar-refractivity contribution in [1.82, 2.24) is 14.9 Å². The van der Waals surface area contributed by atoms with Crippen molar-refractivity contribution < 1.29 is 4.79 Å².